The van der Waals surface area contributed by atoms with Crippen molar-refractivity contribution in [1.82, 2.24) is 10.5 Å². The molecule has 0 atom stereocenters. The van der Waals surface area contributed by atoms with Gasteiger partial charge in [0.25, 0.3) is 0 Å². The normalized spacial score (nSPS) is 10.8. The second-order valence-electron chi connectivity index (χ2n) is 5.53. The summed E-state index contributed by atoms with van der Waals surface area (Å²) in [5.41, 5.74) is 4.20. The van der Waals surface area contributed by atoms with Gasteiger partial charge in [0.05, 0.1) is 18.1 Å². The van der Waals surface area contributed by atoms with Gasteiger partial charge in [-0.25, -0.2) is 0 Å². The van der Waals surface area contributed by atoms with Gasteiger partial charge in [-0.1, -0.05) is 29.4 Å². The maximum Gasteiger partial charge on any atom is 0.230 e. The summed E-state index contributed by atoms with van der Waals surface area (Å²) in [6.45, 7) is 7.67. The molecule has 0 aliphatic rings. The summed E-state index contributed by atoms with van der Waals surface area (Å²) in [5, 5.41) is 6.86. The Bertz CT molecular complexity index is 633. The van der Waals surface area contributed by atoms with Crippen molar-refractivity contribution in [2.75, 3.05) is 12.4 Å². The summed E-state index contributed by atoms with van der Waals surface area (Å²) in [6, 6.07) is 8.10. The fourth-order valence-electron chi connectivity index (χ4n) is 2.18. The molecule has 5 nitrogen and oxygen atoms in total. The van der Waals surface area contributed by atoms with Gasteiger partial charge < -0.3 is 14.6 Å². The lowest BCUT2D eigenvalue weighted by Crippen LogP contribution is -2.24. The number of thioether (sulfide) groups is 1. The Kier molecular flexibility index (Phi) is 7.34. The zero-order chi connectivity index (χ0) is 17.4. The number of amides is 1. The highest BCUT2D eigenvalue weighted by molar-refractivity contribution is 7.99. The molecule has 130 valence electrons. The van der Waals surface area contributed by atoms with Crippen LogP contribution in [0.4, 0.5) is 0 Å². The van der Waals surface area contributed by atoms with E-state index >= 15 is 0 Å². The molecule has 1 aromatic carbocycles. The van der Waals surface area contributed by atoms with Gasteiger partial charge in [0.15, 0.2) is 0 Å². The van der Waals surface area contributed by atoms with Crippen LogP contribution in [-0.4, -0.2) is 23.4 Å². The average Bonchev–Trinajstić information content (AvgIpc) is 2.91. The van der Waals surface area contributed by atoms with Crippen LogP contribution in [0.2, 0.25) is 0 Å². The number of hydrogen-bond donors (Lipinski definition) is 1. The van der Waals surface area contributed by atoms with Crippen LogP contribution in [0.25, 0.3) is 0 Å². The Hall–Kier alpha value is -1.79. The second kappa shape index (κ2) is 9.49. The van der Waals surface area contributed by atoms with E-state index in [1.807, 2.05) is 45.0 Å². The molecule has 0 radical (unpaired) electrons. The maximum atomic E-state index is 11.9. The number of aromatic nitrogens is 1. The fourth-order valence-corrected chi connectivity index (χ4v) is 3.18. The van der Waals surface area contributed by atoms with Crippen LogP contribution in [0.15, 0.2) is 28.8 Å². The van der Waals surface area contributed by atoms with E-state index in [0.717, 1.165) is 33.9 Å². The number of nitrogens with one attached hydrogen (secondary N) is 1. The lowest BCUT2D eigenvalue weighted by atomic mass is 10.1. The van der Waals surface area contributed by atoms with Crippen LogP contribution in [-0.2, 0) is 28.4 Å². The monoisotopic (exact) mass is 348 g/mol. The molecule has 0 saturated heterocycles. The first-order chi connectivity index (χ1) is 11.6. The third-order valence-electron chi connectivity index (χ3n) is 3.65. The molecule has 6 heteroatoms. The highest BCUT2D eigenvalue weighted by Gasteiger charge is 2.10. The molecule has 0 aliphatic heterocycles. The van der Waals surface area contributed by atoms with Gasteiger partial charge in [0.2, 0.25) is 5.91 Å². The summed E-state index contributed by atoms with van der Waals surface area (Å²) >= 11 is 1.57. The third kappa shape index (κ3) is 5.69. The summed E-state index contributed by atoms with van der Waals surface area (Å²) in [5.74, 6) is 2.02. The van der Waals surface area contributed by atoms with Gasteiger partial charge in [-0.05, 0) is 31.9 Å². The van der Waals surface area contributed by atoms with Crippen LogP contribution in [0.5, 0.6) is 0 Å². The van der Waals surface area contributed by atoms with E-state index in [1.165, 1.54) is 0 Å². The van der Waals surface area contributed by atoms with E-state index in [9.17, 15) is 4.79 Å². The number of aryl methyl sites for hydroxylation is 2. The molecular weight excluding hydrogens is 324 g/mol. The van der Waals surface area contributed by atoms with Gasteiger partial charge in [0.1, 0.15) is 5.76 Å². The number of benzene rings is 1. The van der Waals surface area contributed by atoms with Crippen LogP contribution >= 0.6 is 11.8 Å². The molecule has 2 aromatic rings. The molecule has 0 fully saturated rings. The van der Waals surface area contributed by atoms with Crippen molar-refractivity contribution in [3.63, 3.8) is 0 Å². The van der Waals surface area contributed by atoms with Gasteiger partial charge in [-0.2, -0.15) is 0 Å². The fraction of sp³-hybridized carbons (Fsp3) is 0.444. The third-order valence-corrected chi connectivity index (χ3v) is 4.61. The highest BCUT2D eigenvalue weighted by Crippen LogP contribution is 2.19. The van der Waals surface area contributed by atoms with E-state index in [4.69, 9.17) is 9.26 Å². The van der Waals surface area contributed by atoms with E-state index in [1.54, 1.807) is 11.8 Å². The SMILES string of the molecule is CCOCc1ccc(CNC(=O)CSCc2c(C)noc2C)cc1. The first-order valence-corrected chi connectivity index (χ1v) is 9.17. The van der Waals surface area contributed by atoms with E-state index in [-0.39, 0.29) is 5.91 Å². The van der Waals surface area contributed by atoms with Gasteiger partial charge >= 0.3 is 0 Å². The number of ether oxygens (including phenoxy) is 1. The lowest BCUT2D eigenvalue weighted by Gasteiger charge is -2.07. The first kappa shape index (κ1) is 18.5. The van der Waals surface area contributed by atoms with Gasteiger partial charge in [-0.3, -0.25) is 4.79 Å². The van der Waals surface area contributed by atoms with Crippen LogP contribution in [0, 0.1) is 13.8 Å². The van der Waals surface area contributed by atoms with Crippen molar-refractivity contribution in [3.8, 4) is 0 Å². The standard InChI is InChI=1S/C18H24N2O3S/c1-4-22-10-16-7-5-15(6-8-16)9-19-18(21)12-24-11-17-13(2)20-23-14(17)3/h5-8H,4,9-12H2,1-3H3,(H,19,21). The van der Waals surface area contributed by atoms with Crippen molar-refractivity contribution >= 4 is 17.7 Å². The molecular formula is C18H24N2O3S. The molecule has 1 heterocycles. The van der Waals surface area contributed by atoms with Crippen molar-refractivity contribution in [2.24, 2.45) is 0 Å². The molecule has 0 saturated carbocycles. The lowest BCUT2D eigenvalue weighted by molar-refractivity contribution is -0.118. The molecule has 24 heavy (non-hydrogen) atoms. The van der Waals surface area contributed by atoms with E-state index in [0.29, 0.717) is 25.5 Å². The Morgan fingerprint density at radius 2 is 1.96 bits per heavy atom. The van der Waals surface area contributed by atoms with Crippen molar-refractivity contribution in [2.45, 2.75) is 39.7 Å². The highest BCUT2D eigenvalue weighted by atomic mass is 32.2. The summed E-state index contributed by atoms with van der Waals surface area (Å²) < 4.78 is 10.5. The number of rotatable bonds is 9. The quantitative estimate of drug-likeness (QED) is 0.753. The molecule has 1 amide bonds. The van der Waals surface area contributed by atoms with Crippen molar-refractivity contribution < 1.29 is 14.1 Å². The Balaban J connectivity index is 1.69. The smallest absolute Gasteiger partial charge is 0.230 e. The predicted octanol–water partition coefficient (Wildman–Crippen LogP) is 3.38. The number of carbonyl (C=O) groups excluding carboxylic acids is 1. The Morgan fingerprint density at radius 3 is 2.58 bits per heavy atom. The summed E-state index contributed by atoms with van der Waals surface area (Å²) in [6.07, 6.45) is 0. The van der Waals surface area contributed by atoms with Crippen LogP contribution < -0.4 is 5.32 Å². The van der Waals surface area contributed by atoms with Gasteiger partial charge in [0, 0.05) is 24.5 Å². The Labute approximate surface area is 147 Å². The topological polar surface area (TPSA) is 64.4 Å². The molecule has 0 bridgehead atoms. The predicted molar refractivity (Wildman–Crippen MR) is 95.8 cm³/mol. The van der Waals surface area contributed by atoms with Crippen LogP contribution in [0.3, 0.4) is 0 Å². The molecule has 0 aliphatic carbocycles. The van der Waals surface area contributed by atoms with Crippen molar-refractivity contribution in [3.05, 3.63) is 52.4 Å². The van der Waals surface area contributed by atoms with E-state index < -0.39 is 0 Å². The number of carbonyl (C=O) groups is 1. The summed E-state index contributed by atoms with van der Waals surface area (Å²) in [7, 11) is 0. The number of hydrogen-bond acceptors (Lipinski definition) is 5. The van der Waals surface area contributed by atoms with Crippen LogP contribution in [0.1, 0.15) is 35.1 Å². The largest absolute Gasteiger partial charge is 0.377 e. The van der Waals surface area contributed by atoms with E-state index in [2.05, 4.69) is 10.5 Å². The Morgan fingerprint density at radius 1 is 1.25 bits per heavy atom. The minimum atomic E-state index is 0.0325. The number of nitrogens with zero attached hydrogens (tertiary/aromatic N) is 1. The minimum absolute atomic E-state index is 0.0325. The minimum Gasteiger partial charge on any atom is -0.377 e. The molecule has 1 N–H and O–H groups in total. The molecule has 1 aromatic heterocycles. The molecule has 0 unspecified atom stereocenters. The molecule has 0 spiro atoms. The zero-order valence-corrected chi connectivity index (χ0v) is 15.2. The van der Waals surface area contributed by atoms with Gasteiger partial charge in [-0.15, -0.1) is 11.8 Å². The maximum absolute atomic E-state index is 11.9. The molecule has 2 rings (SSSR count). The first-order valence-electron chi connectivity index (χ1n) is 8.02. The van der Waals surface area contributed by atoms with Crippen molar-refractivity contribution in [1.29, 1.82) is 0 Å². The summed E-state index contributed by atoms with van der Waals surface area (Å²) in [4.78, 5) is 11.9. The zero-order valence-electron chi connectivity index (χ0n) is 14.4. The second-order valence-corrected chi connectivity index (χ2v) is 6.51. The average molecular weight is 348 g/mol.